The van der Waals surface area contributed by atoms with Crippen LogP contribution in [0.2, 0.25) is 5.02 Å². The van der Waals surface area contributed by atoms with E-state index in [9.17, 15) is 19.5 Å². The summed E-state index contributed by atoms with van der Waals surface area (Å²) in [4.78, 5) is 38.6. The maximum atomic E-state index is 13.4. The van der Waals surface area contributed by atoms with Crippen LogP contribution in [0.25, 0.3) is 0 Å². The molecule has 1 aliphatic carbocycles. The number of ether oxygens (including phenoxy) is 1. The lowest BCUT2D eigenvalue weighted by atomic mass is 9.82. The molecule has 0 heterocycles. The molecule has 1 aliphatic rings. The second-order valence-electron chi connectivity index (χ2n) is 8.75. The Morgan fingerprint density at radius 3 is 2.29 bits per heavy atom. The Bertz CT molecular complexity index is 1330. The Morgan fingerprint density at radius 2 is 1.63 bits per heavy atom. The number of methoxy groups -OCH3 is 1. The summed E-state index contributed by atoms with van der Waals surface area (Å²) >= 11 is 7.49. The zero-order valence-corrected chi connectivity index (χ0v) is 22.2. The van der Waals surface area contributed by atoms with E-state index in [2.05, 4.69) is 10.6 Å². The van der Waals surface area contributed by atoms with Crippen LogP contribution >= 0.6 is 23.4 Å². The van der Waals surface area contributed by atoms with E-state index in [1.807, 2.05) is 48.5 Å². The number of anilines is 2. The Balaban J connectivity index is 1.49. The molecule has 2 amide bonds. The van der Waals surface area contributed by atoms with Crippen molar-refractivity contribution in [1.82, 2.24) is 0 Å². The van der Waals surface area contributed by atoms with E-state index in [-0.39, 0.29) is 11.8 Å². The molecule has 3 N–H and O–H groups in total. The molecule has 0 radical (unpaired) electrons. The molecule has 0 aliphatic heterocycles. The number of benzene rings is 3. The smallest absolute Gasteiger partial charge is 0.307 e. The van der Waals surface area contributed by atoms with Gasteiger partial charge in [-0.15, -0.1) is 11.8 Å². The van der Waals surface area contributed by atoms with Crippen LogP contribution in [-0.2, 0) is 14.4 Å². The van der Waals surface area contributed by atoms with Gasteiger partial charge in [0.25, 0.3) is 0 Å². The van der Waals surface area contributed by atoms with Crippen LogP contribution in [0.4, 0.5) is 11.4 Å². The molecule has 4 rings (SSSR count). The molecule has 0 saturated heterocycles. The van der Waals surface area contributed by atoms with E-state index in [0.717, 1.165) is 10.5 Å². The number of carboxylic acid groups (broad SMARTS) is 1. The van der Waals surface area contributed by atoms with Gasteiger partial charge in [-0.25, -0.2) is 0 Å². The molecule has 9 heteroatoms. The first-order chi connectivity index (χ1) is 18.4. The van der Waals surface area contributed by atoms with Crippen molar-refractivity contribution < 1.29 is 24.2 Å². The number of carboxylic acids is 1. The zero-order chi connectivity index (χ0) is 27.1. The van der Waals surface area contributed by atoms with Gasteiger partial charge < -0.3 is 20.5 Å². The monoisotopic (exact) mass is 550 g/mol. The molecule has 0 bridgehead atoms. The summed E-state index contributed by atoms with van der Waals surface area (Å²) in [6.07, 6.45) is 4.38. The molecule has 7 nitrogen and oxygen atoms in total. The molecule has 3 aromatic rings. The summed E-state index contributed by atoms with van der Waals surface area (Å²) in [6, 6.07) is 21.6. The standard InChI is InChI=1S/C29H27ClN2O5S/c1-37-25-16-11-19(30)17-24(25)32-28(34)26(18-7-3-2-4-8-18)38-21-14-12-20(13-15-21)31-27(33)22-9-5-6-10-23(22)29(35)36/h2-8,11-17,22-23,26H,9-10H2,1H3,(H,31,33)(H,32,34)(H,35,36). The zero-order valence-electron chi connectivity index (χ0n) is 20.6. The van der Waals surface area contributed by atoms with E-state index in [0.29, 0.717) is 35.0 Å². The van der Waals surface area contributed by atoms with E-state index in [4.69, 9.17) is 16.3 Å². The Labute approximate surface area is 230 Å². The van der Waals surface area contributed by atoms with Crippen LogP contribution in [-0.4, -0.2) is 30.0 Å². The third kappa shape index (κ3) is 6.76. The van der Waals surface area contributed by atoms with Gasteiger partial charge in [-0.05, 0) is 60.9 Å². The number of carbonyl (C=O) groups excluding carboxylic acids is 2. The third-order valence-electron chi connectivity index (χ3n) is 6.22. The predicted molar refractivity (Wildman–Crippen MR) is 150 cm³/mol. The minimum atomic E-state index is -0.970. The first-order valence-electron chi connectivity index (χ1n) is 12.0. The molecular weight excluding hydrogens is 524 g/mol. The Kier molecular flexibility index (Phi) is 9.10. The molecule has 0 saturated carbocycles. The highest BCUT2D eigenvalue weighted by atomic mass is 35.5. The first-order valence-corrected chi connectivity index (χ1v) is 13.3. The largest absolute Gasteiger partial charge is 0.495 e. The fraction of sp³-hybridized carbons (Fsp3) is 0.207. The fourth-order valence-electron chi connectivity index (χ4n) is 4.24. The number of aliphatic carboxylic acids is 1. The minimum absolute atomic E-state index is 0.246. The number of nitrogens with one attached hydrogen (secondary N) is 2. The molecule has 38 heavy (non-hydrogen) atoms. The van der Waals surface area contributed by atoms with Gasteiger partial charge in [0, 0.05) is 15.6 Å². The lowest BCUT2D eigenvalue weighted by Crippen LogP contribution is -2.34. The van der Waals surface area contributed by atoms with Crippen LogP contribution in [0.5, 0.6) is 5.75 Å². The molecule has 3 aromatic carbocycles. The minimum Gasteiger partial charge on any atom is -0.495 e. The summed E-state index contributed by atoms with van der Waals surface area (Å²) in [5.41, 5.74) is 1.85. The van der Waals surface area contributed by atoms with Gasteiger partial charge in [0.05, 0.1) is 24.6 Å². The third-order valence-corrected chi connectivity index (χ3v) is 7.72. The van der Waals surface area contributed by atoms with E-state index in [1.54, 1.807) is 36.4 Å². The maximum absolute atomic E-state index is 13.4. The second-order valence-corrected chi connectivity index (χ2v) is 10.4. The van der Waals surface area contributed by atoms with Crippen LogP contribution in [0.15, 0.2) is 89.8 Å². The highest BCUT2D eigenvalue weighted by Gasteiger charge is 2.34. The summed E-state index contributed by atoms with van der Waals surface area (Å²) in [5.74, 6) is -2.40. The van der Waals surface area contributed by atoms with Gasteiger partial charge >= 0.3 is 5.97 Å². The number of halogens is 1. The SMILES string of the molecule is COc1ccc(Cl)cc1NC(=O)C(Sc1ccc(NC(=O)C2CC=CCC2C(=O)O)cc1)c1ccccc1. The topological polar surface area (TPSA) is 105 Å². The lowest BCUT2D eigenvalue weighted by molar-refractivity contribution is -0.146. The van der Waals surface area contributed by atoms with Crippen LogP contribution in [0.3, 0.4) is 0 Å². The maximum Gasteiger partial charge on any atom is 0.307 e. The first kappa shape index (κ1) is 27.3. The van der Waals surface area contributed by atoms with Gasteiger partial charge in [0.1, 0.15) is 11.0 Å². The fourth-order valence-corrected chi connectivity index (χ4v) is 5.44. The molecule has 0 aromatic heterocycles. The van der Waals surface area contributed by atoms with Crippen molar-refractivity contribution in [2.24, 2.45) is 11.8 Å². The van der Waals surface area contributed by atoms with Crippen molar-refractivity contribution in [3.05, 3.63) is 95.5 Å². The molecular formula is C29H27ClN2O5S. The van der Waals surface area contributed by atoms with Crippen molar-refractivity contribution in [3.63, 3.8) is 0 Å². The number of hydrogen-bond donors (Lipinski definition) is 3. The Hall–Kier alpha value is -3.75. The van der Waals surface area contributed by atoms with Crippen molar-refractivity contribution >= 4 is 52.5 Å². The number of rotatable bonds is 9. The van der Waals surface area contributed by atoms with Crippen molar-refractivity contribution in [2.75, 3.05) is 17.7 Å². The predicted octanol–water partition coefficient (Wildman–Crippen LogP) is 6.43. The van der Waals surface area contributed by atoms with Gasteiger partial charge in [0.15, 0.2) is 0 Å². The summed E-state index contributed by atoms with van der Waals surface area (Å²) in [6.45, 7) is 0. The van der Waals surface area contributed by atoms with E-state index < -0.39 is 23.1 Å². The van der Waals surface area contributed by atoms with Gasteiger partial charge in [-0.3, -0.25) is 14.4 Å². The van der Waals surface area contributed by atoms with Crippen LogP contribution in [0.1, 0.15) is 23.7 Å². The Morgan fingerprint density at radius 1 is 0.947 bits per heavy atom. The van der Waals surface area contributed by atoms with Crippen LogP contribution in [0, 0.1) is 11.8 Å². The molecule has 3 unspecified atom stereocenters. The quantitative estimate of drug-likeness (QED) is 0.209. The average molecular weight is 551 g/mol. The van der Waals surface area contributed by atoms with E-state index >= 15 is 0 Å². The number of allylic oxidation sites excluding steroid dienone is 2. The summed E-state index contributed by atoms with van der Waals surface area (Å²) in [5, 5.41) is 15.1. The number of hydrogen-bond acceptors (Lipinski definition) is 5. The highest BCUT2D eigenvalue weighted by molar-refractivity contribution is 8.00. The number of carbonyl (C=O) groups is 3. The lowest BCUT2D eigenvalue weighted by Gasteiger charge is -2.24. The van der Waals surface area contributed by atoms with E-state index in [1.165, 1.54) is 18.9 Å². The molecule has 0 fully saturated rings. The average Bonchev–Trinajstić information content (AvgIpc) is 2.93. The summed E-state index contributed by atoms with van der Waals surface area (Å²) in [7, 11) is 1.52. The second kappa shape index (κ2) is 12.7. The van der Waals surface area contributed by atoms with Gasteiger partial charge in [-0.1, -0.05) is 54.1 Å². The number of amides is 2. The molecule has 196 valence electrons. The van der Waals surface area contributed by atoms with Crippen molar-refractivity contribution in [1.29, 1.82) is 0 Å². The number of thioether (sulfide) groups is 1. The van der Waals surface area contributed by atoms with Gasteiger partial charge in [0.2, 0.25) is 11.8 Å². The van der Waals surface area contributed by atoms with Crippen molar-refractivity contribution in [3.8, 4) is 5.75 Å². The highest BCUT2D eigenvalue weighted by Crippen LogP contribution is 2.38. The normalized spacial score (nSPS) is 17.3. The molecule has 3 atom stereocenters. The van der Waals surface area contributed by atoms with Gasteiger partial charge in [-0.2, -0.15) is 0 Å². The molecule has 0 spiro atoms. The van der Waals surface area contributed by atoms with Crippen molar-refractivity contribution in [2.45, 2.75) is 23.0 Å². The van der Waals surface area contributed by atoms with Crippen LogP contribution < -0.4 is 15.4 Å². The summed E-state index contributed by atoms with van der Waals surface area (Å²) < 4.78 is 5.36.